The average molecular weight is 598 g/mol. The number of nitrogens with zero attached hydrogens (tertiary/aromatic N) is 4. The molecule has 3 aromatic rings. The van der Waals surface area contributed by atoms with E-state index < -0.39 is 23.6 Å². The first-order valence-corrected chi connectivity index (χ1v) is 13.9. The number of ether oxygens (including phenoxy) is 1. The summed E-state index contributed by atoms with van der Waals surface area (Å²) in [5.74, 6) is 6.32. The molecule has 44 heavy (non-hydrogen) atoms. The quantitative estimate of drug-likeness (QED) is 0.180. The second kappa shape index (κ2) is 13.8. The van der Waals surface area contributed by atoms with Gasteiger partial charge < -0.3 is 31.5 Å². The topological polar surface area (TPSA) is 169 Å². The first-order chi connectivity index (χ1) is 20.7. The zero-order chi connectivity index (χ0) is 32.8. The second-order valence-corrected chi connectivity index (χ2v) is 11.0. The number of pyridine rings is 1. The van der Waals surface area contributed by atoms with E-state index in [0.717, 1.165) is 5.69 Å². The highest BCUT2D eigenvalue weighted by atomic mass is 16.6. The normalized spacial score (nSPS) is 11.4. The van der Waals surface area contributed by atoms with Crippen LogP contribution in [0.15, 0.2) is 30.3 Å². The minimum Gasteiger partial charge on any atom is -0.444 e. The van der Waals surface area contributed by atoms with Crippen molar-refractivity contribution in [1.82, 2.24) is 19.9 Å². The van der Waals surface area contributed by atoms with Gasteiger partial charge in [-0.1, -0.05) is 5.92 Å². The standard InChI is InChI=1S/C32H39N9O3/c1-18(34)27-29(36-8)28(38-20(3)37-27)22-15-24(12-10-21-11-13-25(35-7)23(14-21)17-33)39-26(16-22)40-30(42)19(2)41(9)31(43)44-32(4,5)6/h11,13-17,19,33-36H,1-9H3,(H,39,40,42). The van der Waals surface area contributed by atoms with E-state index >= 15 is 0 Å². The molecule has 2 heterocycles. The third-order valence-corrected chi connectivity index (χ3v) is 6.43. The summed E-state index contributed by atoms with van der Waals surface area (Å²) in [5, 5.41) is 24.9. The van der Waals surface area contributed by atoms with Crippen LogP contribution in [0, 0.1) is 29.6 Å². The van der Waals surface area contributed by atoms with Gasteiger partial charge in [0.15, 0.2) is 0 Å². The van der Waals surface area contributed by atoms with Gasteiger partial charge in [-0.15, -0.1) is 0 Å². The number of aromatic nitrogens is 3. The molecule has 0 saturated heterocycles. The molecule has 1 aromatic carbocycles. The summed E-state index contributed by atoms with van der Waals surface area (Å²) in [6, 6.07) is 7.98. The molecule has 2 amide bonds. The summed E-state index contributed by atoms with van der Waals surface area (Å²) in [7, 11) is 4.99. The van der Waals surface area contributed by atoms with Crippen molar-refractivity contribution in [2.75, 3.05) is 37.1 Å². The second-order valence-electron chi connectivity index (χ2n) is 11.0. The van der Waals surface area contributed by atoms with Crippen molar-refractivity contribution in [3.63, 3.8) is 0 Å². The average Bonchev–Trinajstić information content (AvgIpc) is 2.97. The molecule has 0 saturated carbocycles. The number of carbonyl (C=O) groups excluding carboxylic acids is 2. The number of hydrogen-bond acceptors (Lipinski definition) is 10. The highest BCUT2D eigenvalue weighted by Gasteiger charge is 2.27. The Kier molecular flexibility index (Phi) is 10.4. The molecule has 3 rings (SSSR count). The fourth-order valence-corrected chi connectivity index (χ4v) is 4.11. The Balaban J connectivity index is 2.11. The van der Waals surface area contributed by atoms with Crippen molar-refractivity contribution in [3.8, 4) is 23.1 Å². The summed E-state index contributed by atoms with van der Waals surface area (Å²) in [5.41, 5.74) is 4.11. The van der Waals surface area contributed by atoms with E-state index in [2.05, 4.69) is 42.7 Å². The Morgan fingerprint density at radius 3 is 2.36 bits per heavy atom. The zero-order valence-electron chi connectivity index (χ0n) is 26.6. The summed E-state index contributed by atoms with van der Waals surface area (Å²) in [6.07, 6.45) is 0.616. The lowest BCUT2D eigenvalue weighted by molar-refractivity contribution is -0.120. The number of hydrogen-bond donors (Lipinski definition) is 5. The molecular weight excluding hydrogens is 558 g/mol. The van der Waals surface area contributed by atoms with Gasteiger partial charge >= 0.3 is 6.09 Å². The number of amides is 2. The highest BCUT2D eigenvalue weighted by molar-refractivity contribution is 6.02. The van der Waals surface area contributed by atoms with Crippen LogP contribution in [0.4, 0.5) is 22.0 Å². The van der Waals surface area contributed by atoms with Gasteiger partial charge in [-0.3, -0.25) is 9.69 Å². The molecular formula is C32H39N9O3. The maximum Gasteiger partial charge on any atom is 0.410 e. The highest BCUT2D eigenvalue weighted by Crippen LogP contribution is 2.31. The molecule has 1 atom stereocenters. The SMILES string of the molecule is CNc1ccc(C#Cc2cc(-c3nc(C)nc(C(C)=N)c3NC)cc(NC(=O)C(C)N(C)C(=O)OC(C)(C)C)n2)cc1C=N. The molecule has 0 radical (unpaired) electrons. The van der Waals surface area contributed by atoms with E-state index in [1.165, 1.54) is 18.2 Å². The fourth-order valence-electron chi connectivity index (χ4n) is 4.11. The lowest BCUT2D eigenvalue weighted by Gasteiger charge is -2.28. The van der Waals surface area contributed by atoms with Gasteiger partial charge in [-0.2, -0.15) is 0 Å². The summed E-state index contributed by atoms with van der Waals surface area (Å²) in [4.78, 5) is 40.7. The van der Waals surface area contributed by atoms with Crippen LogP contribution >= 0.6 is 0 Å². The Bertz CT molecular complexity index is 1670. The van der Waals surface area contributed by atoms with E-state index in [1.54, 1.807) is 73.8 Å². The fraction of sp³-hybridized carbons (Fsp3) is 0.344. The molecule has 0 aliphatic rings. The number of likely N-dealkylation sites (N-methyl/N-ethyl adjacent to an activating group) is 1. The Labute approximate surface area is 258 Å². The van der Waals surface area contributed by atoms with Gasteiger partial charge in [0.1, 0.15) is 34.7 Å². The predicted molar refractivity (Wildman–Crippen MR) is 174 cm³/mol. The van der Waals surface area contributed by atoms with Crippen LogP contribution in [0.3, 0.4) is 0 Å². The van der Waals surface area contributed by atoms with Crippen molar-refractivity contribution < 1.29 is 14.3 Å². The van der Waals surface area contributed by atoms with Crippen LogP contribution in [0.5, 0.6) is 0 Å². The summed E-state index contributed by atoms with van der Waals surface area (Å²) in [6.45, 7) is 10.2. The van der Waals surface area contributed by atoms with Crippen LogP contribution < -0.4 is 16.0 Å². The monoisotopic (exact) mass is 597 g/mol. The van der Waals surface area contributed by atoms with Crippen molar-refractivity contribution in [2.45, 2.75) is 53.2 Å². The Morgan fingerprint density at radius 1 is 1.07 bits per heavy atom. The minimum absolute atomic E-state index is 0.193. The van der Waals surface area contributed by atoms with E-state index in [1.807, 2.05) is 12.1 Å². The number of benzene rings is 1. The smallest absolute Gasteiger partial charge is 0.410 e. The molecule has 1 unspecified atom stereocenters. The molecule has 12 nitrogen and oxygen atoms in total. The van der Waals surface area contributed by atoms with Gasteiger partial charge in [0, 0.05) is 49.7 Å². The molecule has 12 heteroatoms. The van der Waals surface area contributed by atoms with Crippen LogP contribution in [0.25, 0.3) is 11.3 Å². The molecule has 0 spiro atoms. The van der Waals surface area contributed by atoms with Crippen LogP contribution in [-0.2, 0) is 9.53 Å². The zero-order valence-corrected chi connectivity index (χ0v) is 26.6. The lowest BCUT2D eigenvalue weighted by Crippen LogP contribution is -2.45. The van der Waals surface area contributed by atoms with Crippen LogP contribution in [0.1, 0.15) is 63.0 Å². The van der Waals surface area contributed by atoms with Crippen LogP contribution in [-0.4, -0.2) is 76.6 Å². The maximum atomic E-state index is 13.3. The van der Waals surface area contributed by atoms with E-state index in [4.69, 9.17) is 15.6 Å². The van der Waals surface area contributed by atoms with Gasteiger partial charge in [0.2, 0.25) is 5.91 Å². The van der Waals surface area contributed by atoms with Gasteiger partial charge in [0.25, 0.3) is 0 Å². The molecule has 0 fully saturated rings. The first-order valence-electron chi connectivity index (χ1n) is 13.9. The van der Waals surface area contributed by atoms with Crippen molar-refractivity contribution in [1.29, 1.82) is 10.8 Å². The van der Waals surface area contributed by atoms with Gasteiger partial charge in [0.05, 0.1) is 17.1 Å². The molecule has 230 valence electrons. The third-order valence-electron chi connectivity index (χ3n) is 6.43. The molecule has 0 aliphatic heterocycles. The largest absolute Gasteiger partial charge is 0.444 e. The number of carbonyl (C=O) groups is 2. The number of anilines is 3. The van der Waals surface area contributed by atoms with Gasteiger partial charge in [-0.25, -0.2) is 19.7 Å². The molecule has 5 N–H and O–H groups in total. The Hall–Kier alpha value is -5.31. The first kappa shape index (κ1) is 33.2. The predicted octanol–water partition coefficient (Wildman–Crippen LogP) is 4.91. The molecule has 0 aliphatic carbocycles. The van der Waals surface area contributed by atoms with E-state index in [0.29, 0.717) is 45.3 Å². The Morgan fingerprint density at radius 2 is 1.77 bits per heavy atom. The van der Waals surface area contributed by atoms with Crippen molar-refractivity contribution in [2.24, 2.45) is 0 Å². The summed E-state index contributed by atoms with van der Waals surface area (Å²) < 4.78 is 5.41. The van der Waals surface area contributed by atoms with E-state index in [9.17, 15) is 9.59 Å². The third kappa shape index (κ3) is 8.16. The number of rotatable bonds is 8. The van der Waals surface area contributed by atoms with Crippen molar-refractivity contribution in [3.05, 3.63) is 58.7 Å². The van der Waals surface area contributed by atoms with Crippen molar-refractivity contribution >= 4 is 41.1 Å². The van der Waals surface area contributed by atoms with Crippen LogP contribution in [0.2, 0.25) is 0 Å². The van der Waals surface area contributed by atoms with E-state index in [-0.39, 0.29) is 11.5 Å². The van der Waals surface area contributed by atoms with Gasteiger partial charge in [-0.05, 0) is 77.8 Å². The summed E-state index contributed by atoms with van der Waals surface area (Å²) >= 11 is 0. The molecule has 0 bridgehead atoms. The lowest BCUT2D eigenvalue weighted by atomic mass is 10.1. The molecule has 2 aromatic heterocycles. The number of aryl methyl sites for hydroxylation is 1. The number of nitrogens with one attached hydrogen (secondary N) is 5. The minimum atomic E-state index is -0.878. The maximum absolute atomic E-state index is 13.3.